The maximum Gasteiger partial charge on any atom is 0.331 e. The number of carbonyl (C=O) groups excluding carboxylic acids is 1. The molecule has 1 amide bonds. The van der Waals surface area contributed by atoms with Crippen molar-refractivity contribution in [2.24, 2.45) is 5.92 Å². The quantitative estimate of drug-likeness (QED) is 0.749. The highest BCUT2D eigenvalue weighted by Crippen LogP contribution is 1.96. The predicted molar refractivity (Wildman–Crippen MR) is 82.1 cm³/mol. The Morgan fingerprint density at radius 1 is 1.38 bits per heavy atom. The molecule has 21 heavy (non-hydrogen) atoms. The van der Waals surface area contributed by atoms with E-state index in [1.807, 2.05) is 6.92 Å². The topological polar surface area (TPSA) is 99.1 Å². The maximum atomic E-state index is 12.1. The Morgan fingerprint density at radius 2 is 2.05 bits per heavy atom. The number of nitrogens with zero attached hydrogens (tertiary/aromatic N) is 2. The second-order valence-electron chi connectivity index (χ2n) is 5.48. The molecule has 3 N–H and O–H groups in total. The molecule has 118 valence electrons. The summed E-state index contributed by atoms with van der Waals surface area (Å²) in [5, 5.41) is 2.70. The second-order valence-corrected chi connectivity index (χ2v) is 5.48. The minimum Gasteiger partial charge on any atom is -0.393 e. The van der Waals surface area contributed by atoms with Crippen LogP contribution in [-0.4, -0.2) is 21.6 Å². The summed E-state index contributed by atoms with van der Waals surface area (Å²) in [6, 6.07) is 0. The van der Waals surface area contributed by atoms with Crippen molar-refractivity contribution in [3.05, 3.63) is 27.0 Å². The Morgan fingerprint density at radius 3 is 2.62 bits per heavy atom. The van der Waals surface area contributed by atoms with E-state index in [2.05, 4.69) is 19.2 Å². The highest BCUT2D eigenvalue weighted by atomic mass is 16.2. The molecule has 0 atom stereocenters. The van der Waals surface area contributed by atoms with Crippen molar-refractivity contribution in [2.45, 2.75) is 46.7 Å². The SMILES string of the molecule is CCCn1cc(N)c(=O)n(CC(=O)NCCC(C)C)c1=O. The summed E-state index contributed by atoms with van der Waals surface area (Å²) < 4.78 is 2.24. The Bertz CT molecular complexity index is 601. The van der Waals surface area contributed by atoms with Gasteiger partial charge in [0, 0.05) is 19.3 Å². The van der Waals surface area contributed by atoms with E-state index in [1.54, 1.807) is 0 Å². The Hall–Kier alpha value is -2.05. The molecule has 0 saturated carbocycles. The molecule has 0 saturated heterocycles. The van der Waals surface area contributed by atoms with Crippen molar-refractivity contribution in [1.29, 1.82) is 0 Å². The number of hydrogen-bond donors (Lipinski definition) is 2. The van der Waals surface area contributed by atoms with Crippen LogP contribution in [-0.2, 0) is 17.9 Å². The highest BCUT2D eigenvalue weighted by Gasteiger charge is 2.12. The third-order valence-corrected chi connectivity index (χ3v) is 3.07. The van der Waals surface area contributed by atoms with Crippen LogP contribution >= 0.6 is 0 Å². The number of carbonyl (C=O) groups is 1. The lowest BCUT2D eigenvalue weighted by Gasteiger charge is -2.11. The van der Waals surface area contributed by atoms with E-state index in [9.17, 15) is 14.4 Å². The van der Waals surface area contributed by atoms with Gasteiger partial charge < -0.3 is 11.1 Å². The molecule has 1 aromatic rings. The molecule has 0 aromatic carbocycles. The van der Waals surface area contributed by atoms with Gasteiger partial charge in [-0.15, -0.1) is 0 Å². The number of aromatic nitrogens is 2. The lowest BCUT2D eigenvalue weighted by Crippen LogP contribution is -2.44. The van der Waals surface area contributed by atoms with Crippen LogP contribution < -0.4 is 22.3 Å². The fraction of sp³-hybridized carbons (Fsp3) is 0.643. The van der Waals surface area contributed by atoms with E-state index in [1.165, 1.54) is 10.8 Å². The monoisotopic (exact) mass is 296 g/mol. The van der Waals surface area contributed by atoms with Gasteiger partial charge in [-0.25, -0.2) is 9.36 Å². The third kappa shape index (κ3) is 4.77. The van der Waals surface area contributed by atoms with Crippen molar-refractivity contribution >= 4 is 11.6 Å². The molecular weight excluding hydrogens is 272 g/mol. The molecule has 0 spiro atoms. The normalized spacial score (nSPS) is 10.9. The van der Waals surface area contributed by atoms with Gasteiger partial charge in [0.15, 0.2) is 0 Å². The Balaban J connectivity index is 2.90. The number of anilines is 1. The van der Waals surface area contributed by atoms with Gasteiger partial charge in [-0.1, -0.05) is 20.8 Å². The van der Waals surface area contributed by atoms with E-state index in [-0.39, 0.29) is 18.1 Å². The van der Waals surface area contributed by atoms with Crippen LogP contribution in [0.5, 0.6) is 0 Å². The Kier molecular flexibility index (Phi) is 6.20. The molecular formula is C14H24N4O3. The molecule has 0 fully saturated rings. The first-order valence-electron chi connectivity index (χ1n) is 7.23. The average molecular weight is 296 g/mol. The van der Waals surface area contributed by atoms with Crippen molar-refractivity contribution in [1.82, 2.24) is 14.5 Å². The molecule has 0 radical (unpaired) electrons. The van der Waals surface area contributed by atoms with Crippen LogP contribution in [0.4, 0.5) is 5.69 Å². The van der Waals surface area contributed by atoms with Crippen LogP contribution in [0.1, 0.15) is 33.6 Å². The summed E-state index contributed by atoms with van der Waals surface area (Å²) >= 11 is 0. The standard InChI is InChI=1S/C14H24N4O3/c1-4-7-17-8-11(15)13(20)18(14(17)21)9-12(19)16-6-5-10(2)3/h8,10H,4-7,9,15H2,1-3H3,(H,16,19). The van der Waals surface area contributed by atoms with E-state index >= 15 is 0 Å². The zero-order valence-electron chi connectivity index (χ0n) is 12.9. The van der Waals surface area contributed by atoms with Gasteiger partial charge in [-0.2, -0.15) is 0 Å². The smallest absolute Gasteiger partial charge is 0.331 e. The molecule has 7 nitrogen and oxygen atoms in total. The van der Waals surface area contributed by atoms with Gasteiger partial charge in [0.2, 0.25) is 5.91 Å². The molecule has 0 unspecified atom stereocenters. The van der Waals surface area contributed by atoms with Crippen LogP contribution in [0.2, 0.25) is 0 Å². The lowest BCUT2D eigenvalue weighted by molar-refractivity contribution is -0.121. The fourth-order valence-electron chi connectivity index (χ4n) is 1.92. The average Bonchev–Trinajstić information content (AvgIpc) is 2.40. The number of hydrogen-bond acceptors (Lipinski definition) is 4. The van der Waals surface area contributed by atoms with E-state index < -0.39 is 11.2 Å². The van der Waals surface area contributed by atoms with Crippen molar-refractivity contribution in [3.63, 3.8) is 0 Å². The number of rotatable bonds is 7. The van der Waals surface area contributed by atoms with E-state index in [4.69, 9.17) is 5.73 Å². The summed E-state index contributed by atoms with van der Waals surface area (Å²) in [7, 11) is 0. The summed E-state index contributed by atoms with van der Waals surface area (Å²) in [6.45, 7) is 6.70. The van der Waals surface area contributed by atoms with Gasteiger partial charge in [-0.05, 0) is 18.8 Å². The summed E-state index contributed by atoms with van der Waals surface area (Å²) in [5.41, 5.74) is 4.46. The van der Waals surface area contributed by atoms with Crippen LogP contribution in [0.3, 0.4) is 0 Å². The minimum atomic E-state index is -0.619. The van der Waals surface area contributed by atoms with Crippen LogP contribution in [0.25, 0.3) is 0 Å². The zero-order valence-corrected chi connectivity index (χ0v) is 12.9. The first-order chi connectivity index (χ1) is 9.86. The first kappa shape index (κ1) is 17.0. The van der Waals surface area contributed by atoms with Gasteiger partial charge >= 0.3 is 5.69 Å². The largest absolute Gasteiger partial charge is 0.393 e. The minimum absolute atomic E-state index is 0.0296. The summed E-state index contributed by atoms with van der Waals surface area (Å²) in [4.78, 5) is 35.9. The number of nitrogens with one attached hydrogen (secondary N) is 1. The van der Waals surface area contributed by atoms with Gasteiger partial charge in [0.1, 0.15) is 12.2 Å². The molecule has 1 rings (SSSR count). The molecule has 0 bridgehead atoms. The number of nitrogen functional groups attached to an aromatic ring is 1. The third-order valence-electron chi connectivity index (χ3n) is 3.07. The predicted octanol–water partition coefficient (Wildman–Crippen LogP) is 0.165. The lowest BCUT2D eigenvalue weighted by atomic mass is 10.1. The van der Waals surface area contributed by atoms with Crippen molar-refractivity contribution in [2.75, 3.05) is 12.3 Å². The number of aryl methyl sites for hydroxylation is 1. The van der Waals surface area contributed by atoms with E-state index in [0.29, 0.717) is 19.0 Å². The number of amides is 1. The summed E-state index contributed by atoms with van der Waals surface area (Å²) in [6.07, 6.45) is 2.91. The van der Waals surface area contributed by atoms with Crippen molar-refractivity contribution in [3.8, 4) is 0 Å². The van der Waals surface area contributed by atoms with Crippen LogP contribution in [0, 0.1) is 5.92 Å². The molecule has 1 aromatic heterocycles. The van der Waals surface area contributed by atoms with E-state index in [0.717, 1.165) is 17.4 Å². The first-order valence-corrected chi connectivity index (χ1v) is 7.23. The van der Waals surface area contributed by atoms with Gasteiger partial charge in [-0.3, -0.25) is 14.2 Å². The van der Waals surface area contributed by atoms with Gasteiger partial charge in [0.25, 0.3) is 5.56 Å². The van der Waals surface area contributed by atoms with Crippen LogP contribution in [0.15, 0.2) is 15.8 Å². The molecule has 0 aliphatic rings. The van der Waals surface area contributed by atoms with Gasteiger partial charge in [0.05, 0.1) is 0 Å². The summed E-state index contributed by atoms with van der Waals surface area (Å²) in [5.74, 6) is 0.116. The highest BCUT2D eigenvalue weighted by molar-refractivity contribution is 5.75. The molecule has 7 heteroatoms. The molecule has 0 aliphatic carbocycles. The Labute approximate surface area is 123 Å². The maximum absolute atomic E-state index is 12.1. The van der Waals surface area contributed by atoms with Crippen molar-refractivity contribution < 1.29 is 4.79 Å². The fourth-order valence-corrected chi connectivity index (χ4v) is 1.92. The molecule has 0 aliphatic heterocycles. The number of nitrogens with two attached hydrogens (primary N) is 1. The second kappa shape index (κ2) is 7.66. The molecule has 1 heterocycles. The zero-order chi connectivity index (χ0) is 16.0.